The lowest BCUT2D eigenvalue weighted by molar-refractivity contribution is -0.135. The number of methoxy groups -OCH3 is 2. The molecule has 27 heavy (non-hydrogen) atoms. The van der Waals surface area contributed by atoms with Gasteiger partial charge in [-0.3, -0.25) is 0 Å². The van der Waals surface area contributed by atoms with Crippen LogP contribution in [0, 0.1) is 5.92 Å². The Labute approximate surface area is 157 Å². The number of rotatable bonds is 5. The number of hydrogen-bond acceptors (Lipinski definition) is 6. The van der Waals surface area contributed by atoms with E-state index in [2.05, 4.69) is 0 Å². The van der Waals surface area contributed by atoms with Crippen LogP contribution in [0.2, 0.25) is 0 Å². The molecule has 1 atom stereocenters. The zero-order chi connectivity index (χ0) is 18.8. The topological polar surface area (TPSA) is 63.2 Å². The van der Waals surface area contributed by atoms with Crippen LogP contribution < -0.4 is 18.9 Å². The third kappa shape index (κ3) is 3.43. The maximum Gasteiger partial charge on any atom is 0.334 e. The number of carbonyl (C=O) groups is 1. The first-order chi connectivity index (χ1) is 13.2. The molecule has 2 aliphatic heterocycles. The fraction of sp³-hybridized carbons (Fsp3) is 0.286. The Morgan fingerprint density at radius 1 is 1.00 bits per heavy atom. The van der Waals surface area contributed by atoms with Gasteiger partial charge < -0.3 is 23.7 Å². The second kappa shape index (κ2) is 7.23. The average Bonchev–Trinajstić information content (AvgIpc) is 3.29. The average molecular weight is 368 g/mol. The number of fused-ring (bicyclic) bond motifs is 1. The molecule has 2 aromatic carbocycles. The van der Waals surface area contributed by atoms with E-state index in [-0.39, 0.29) is 18.7 Å². The van der Waals surface area contributed by atoms with Crippen molar-refractivity contribution >= 4 is 12.0 Å². The highest BCUT2D eigenvalue weighted by Gasteiger charge is 2.31. The highest BCUT2D eigenvalue weighted by atomic mass is 16.7. The van der Waals surface area contributed by atoms with Gasteiger partial charge in [0.15, 0.2) is 23.0 Å². The number of ether oxygens (including phenoxy) is 5. The Morgan fingerprint density at radius 2 is 1.81 bits per heavy atom. The van der Waals surface area contributed by atoms with E-state index >= 15 is 0 Å². The summed E-state index contributed by atoms with van der Waals surface area (Å²) in [6.07, 6.45) is 2.53. The molecule has 0 N–H and O–H groups in total. The molecule has 2 aliphatic rings. The maximum atomic E-state index is 12.2. The zero-order valence-electron chi connectivity index (χ0n) is 15.2. The molecule has 0 saturated carbocycles. The van der Waals surface area contributed by atoms with Crippen molar-refractivity contribution in [2.24, 2.45) is 5.92 Å². The quantitative estimate of drug-likeness (QED) is 0.596. The largest absolute Gasteiger partial charge is 0.493 e. The van der Waals surface area contributed by atoms with Crippen molar-refractivity contribution in [3.63, 3.8) is 0 Å². The van der Waals surface area contributed by atoms with Gasteiger partial charge in [-0.25, -0.2) is 4.79 Å². The first-order valence-corrected chi connectivity index (χ1v) is 8.67. The van der Waals surface area contributed by atoms with E-state index in [1.165, 1.54) is 0 Å². The predicted octanol–water partition coefficient (Wildman–Crippen LogP) is 3.23. The van der Waals surface area contributed by atoms with Gasteiger partial charge in [0.05, 0.1) is 20.8 Å². The van der Waals surface area contributed by atoms with E-state index in [0.29, 0.717) is 41.6 Å². The van der Waals surface area contributed by atoms with E-state index < -0.39 is 0 Å². The van der Waals surface area contributed by atoms with Crippen molar-refractivity contribution in [2.45, 2.75) is 6.42 Å². The van der Waals surface area contributed by atoms with Crippen molar-refractivity contribution in [3.05, 3.63) is 53.1 Å². The van der Waals surface area contributed by atoms with Crippen molar-refractivity contribution in [1.29, 1.82) is 0 Å². The first-order valence-electron chi connectivity index (χ1n) is 8.67. The van der Waals surface area contributed by atoms with Crippen LogP contribution in [-0.4, -0.2) is 33.6 Å². The summed E-state index contributed by atoms with van der Waals surface area (Å²) < 4.78 is 26.7. The van der Waals surface area contributed by atoms with Crippen LogP contribution in [0.5, 0.6) is 23.0 Å². The minimum absolute atomic E-state index is 0.0268. The lowest BCUT2D eigenvalue weighted by Gasteiger charge is -2.12. The van der Waals surface area contributed by atoms with Crippen LogP contribution in [-0.2, 0) is 16.0 Å². The molecule has 0 amide bonds. The zero-order valence-corrected chi connectivity index (χ0v) is 15.2. The van der Waals surface area contributed by atoms with E-state index in [0.717, 1.165) is 11.1 Å². The van der Waals surface area contributed by atoms with Gasteiger partial charge in [0.1, 0.15) is 0 Å². The highest BCUT2D eigenvalue weighted by molar-refractivity contribution is 5.96. The molecule has 4 rings (SSSR count). The minimum atomic E-state index is -0.279. The first kappa shape index (κ1) is 17.3. The van der Waals surface area contributed by atoms with Gasteiger partial charge in [0.2, 0.25) is 6.79 Å². The number of benzene rings is 2. The molecule has 0 aromatic heterocycles. The molecule has 140 valence electrons. The lowest BCUT2D eigenvalue weighted by atomic mass is 9.92. The summed E-state index contributed by atoms with van der Waals surface area (Å²) in [7, 11) is 3.21. The van der Waals surface area contributed by atoms with Crippen molar-refractivity contribution in [3.8, 4) is 23.0 Å². The fourth-order valence-electron chi connectivity index (χ4n) is 3.34. The molecule has 6 nitrogen and oxygen atoms in total. The third-order valence-corrected chi connectivity index (χ3v) is 4.74. The normalized spacial score (nSPS) is 19.3. The smallest absolute Gasteiger partial charge is 0.334 e. The molecule has 1 fully saturated rings. The Hall–Kier alpha value is -3.15. The summed E-state index contributed by atoms with van der Waals surface area (Å²) in [5.74, 6) is 2.44. The molecular formula is C21H20O6. The van der Waals surface area contributed by atoms with Crippen LogP contribution >= 0.6 is 0 Å². The third-order valence-electron chi connectivity index (χ3n) is 4.74. The Kier molecular flexibility index (Phi) is 4.62. The van der Waals surface area contributed by atoms with Crippen LogP contribution in [0.4, 0.5) is 0 Å². The lowest BCUT2D eigenvalue weighted by Crippen LogP contribution is -2.08. The van der Waals surface area contributed by atoms with Crippen molar-refractivity contribution in [2.75, 3.05) is 27.6 Å². The van der Waals surface area contributed by atoms with Gasteiger partial charge in [-0.05, 0) is 47.9 Å². The van der Waals surface area contributed by atoms with Gasteiger partial charge in [0.25, 0.3) is 0 Å². The minimum Gasteiger partial charge on any atom is -0.493 e. The standard InChI is InChI=1S/C21H20O6/c1-23-17-5-3-13(9-19(17)24-2)7-15-11-25-21(22)16(15)8-14-4-6-18-20(10-14)27-12-26-18/h3-6,8-10,15H,7,11-12H2,1-2H3/t15-/m1/s1. The summed E-state index contributed by atoms with van der Waals surface area (Å²) in [5.41, 5.74) is 2.58. The Bertz CT molecular complexity index is 902. The number of cyclic esters (lactones) is 1. The van der Waals surface area contributed by atoms with E-state index in [1.54, 1.807) is 14.2 Å². The van der Waals surface area contributed by atoms with Gasteiger partial charge in [-0.2, -0.15) is 0 Å². The van der Waals surface area contributed by atoms with E-state index in [9.17, 15) is 4.79 Å². The number of carbonyl (C=O) groups excluding carboxylic acids is 1. The van der Waals surface area contributed by atoms with Crippen LogP contribution in [0.25, 0.3) is 6.08 Å². The summed E-state index contributed by atoms with van der Waals surface area (Å²) in [4.78, 5) is 12.2. The fourth-order valence-corrected chi connectivity index (χ4v) is 3.34. The monoisotopic (exact) mass is 368 g/mol. The van der Waals surface area contributed by atoms with Crippen LogP contribution in [0.15, 0.2) is 42.0 Å². The van der Waals surface area contributed by atoms with Gasteiger partial charge >= 0.3 is 5.97 Å². The molecule has 2 aromatic rings. The molecular weight excluding hydrogens is 348 g/mol. The van der Waals surface area contributed by atoms with Gasteiger partial charge in [0, 0.05) is 11.5 Å². The second-order valence-corrected chi connectivity index (χ2v) is 6.40. The number of hydrogen-bond donors (Lipinski definition) is 0. The van der Waals surface area contributed by atoms with Gasteiger partial charge in [-0.1, -0.05) is 12.1 Å². The summed E-state index contributed by atoms with van der Waals surface area (Å²) in [5, 5.41) is 0. The summed E-state index contributed by atoms with van der Waals surface area (Å²) in [6, 6.07) is 11.4. The summed E-state index contributed by atoms with van der Waals surface area (Å²) >= 11 is 0. The SMILES string of the molecule is COc1ccc(C[C@@H]2COC(=O)C2=Cc2ccc3c(c2)OCO3)cc1OC. The van der Waals surface area contributed by atoms with Crippen LogP contribution in [0.3, 0.4) is 0 Å². The van der Waals surface area contributed by atoms with Gasteiger partial charge in [-0.15, -0.1) is 0 Å². The molecule has 2 heterocycles. The van der Waals surface area contributed by atoms with Crippen molar-refractivity contribution in [1.82, 2.24) is 0 Å². The maximum absolute atomic E-state index is 12.2. The Morgan fingerprint density at radius 3 is 2.63 bits per heavy atom. The second-order valence-electron chi connectivity index (χ2n) is 6.40. The van der Waals surface area contributed by atoms with E-state index in [1.807, 2.05) is 42.5 Å². The molecule has 0 aliphatic carbocycles. The Balaban J connectivity index is 1.58. The summed E-state index contributed by atoms with van der Waals surface area (Å²) in [6.45, 7) is 0.586. The highest BCUT2D eigenvalue weighted by Crippen LogP contribution is 2.35. The van der Waals surface area contributed by atoms with E-state index in [4.69, 9.17) is 23.7 Å². The van der Waals surface area contributed by atoms with Crippen molar-refractivity contribution < 1.29 is 28.5 Å². The molecule has 0 radical (unpaired) electrons. The molecule has 0 bridgehead atoms. The molecule has 1 saturated heterocycles. The molecule has 0 unspecified atom stereocenters. The molecule has 0 spiro atoms. The predicted molar refractivity (Wildman–Crippen MR) is 98.2 cm³/mol. The molecule has 6 heteroatoms. The van der Waals surface area contributed by atoms with Crippen LogP contribution in [0.1, 0.15) is 11.1 Å². The number of esters is 1.